The van der Waals surface area contributed by atoms with Gasteiger partial charge in [0.1, 0.15) is 12.4 Å². The number of carboxylic acids is 1. The average Bonchev–Trinajstić information content (AvgIpc) is 3.70. The highest BCUT2D eigenvalue weighted by molar-refractivity contribution is 7.14. The molecule has 0 radical (unpaired) electrons. The fourth-order valence-corrected chi connectivity index (χ4v) is 7.36. The topological polar surface area (TPSA) is 101 Å². The van der Waals surface area contributed by atoms with Gasteiger partial charge in [0.15, 0.2) is 5.13 Å². The number of hydrogen-bond acceptors (Lipinski definition) is 7. The van der Waals surface area contributed by atoms with Crippen LogP contribution in [0.2, 0.25) is 0 Å². The van der Waals surface area contributed by atoms with E-state index in [4.69, 9.17) is 9.72 Å². The maximum atomic E-state index is 13.1. The van der Waals surface area contributed by atoms with E-state index in [9.17, 15) is 14.7 Å². The number of anilines is 1. The molecule has 10 heteroatoms. The SMILES string of the molecule is Cc1ccc(OCc2ccc(C(=O)N(C)Cc3ccn(C)n3)cc2C)c(-c2csc(N3CC4CCC(C3)C4C(=O)O)n2)c1. The summed E-state index contributed by atoms with van der Waals surface area (Å²) in [6.45, 7) is 6.35. The van der Waals surface area contributed by atoms with Gasteiger partial charge in [0.25, 0.3) is 5.91 Å². The zero-order valence-electron chi connectivity index (χ0n) is 25.0. The Morgan fingerprint density at radius 1 is 1.09 bits per heavy atom. The second kappa shape index (κ2) is 11.8. The van der Waals surface area contributed by atoms with Gasteiger partial charge >= 0.3 is 5.97 Å². The van der Waals surface area contributed by atoms with Crippen LogP contribution >= 0.6 is 11.3 Å². The number of carbonyl (C=O) groups excluding carboxylic acids is 1. The minimum absolute atomic E-state index is 0.0541. The molecule has 1 N–H and O–H groups in total. The van der Waals surface area contributed by atoms with Crippen molar-refractivity contribution >= 4 is 28.3 Å². The standard InChI is InChI=1S/C33H37N5O4S/c1-20-5-10-29(27(13-20)28-19-43-33(34-28)38-15-23-7-8-24(16-38)30(23)32(40)41)42-18-25-9-6-22(14-21(25)2)31(39)36(3)17-26-11-12-37(4)35-26/h5-6,9-14,19,23-24,30H,7-8,15-18H2,1-4H3,(H,40,41). The van der Waals surface area contributed by atoms with Crippen molar-refractivity contribution in [1.82, 2.24) is 19.7 Å². The molecule has 2 fully saturated rings. The van der Waals surface area contributed by atoms with E-state index < -0.39 is 5.97 Å². The van der Waals surface area contributed by atoms with E-state index in [0.717, 1.165) is 70.5 Å². The normalized spacial score (nSPS) is 19.4. The molecule has 1 aliphatic heterocycles. The Morgan fingerprint density at radius 3 is 2.53 bits per heavy atom. The number of carbonyl (C=O) groups is 2. The highest BCUT2D eigenvalue weighted by Crippen LogP contribution is 2.44. The largest absolute Gasteiger partial charge is 0.488 e. The van der Waals surface area contributed by atoms with Crippen molar-refractivity contribution in [3.05, 3.63) is 82.0 Å². The third kappa shape index (κ3) is 6.01. The van der Waals surface area contributed by atoms with Crippen molar-refractivity contribution < 1.29 is 19.4 Å². The third-order valence-corrected chi connectivity index (χ3v) is 9.68. The molecular formula is C33H37N5O4S. The highest BCUT2D eigenvalue weighted by atomic mass is 32.1. The number of piperidine rings is 1. The van der Waals surface area contributed by atoms with Crippen LogP contribution in [0.25, 0.3) is 11.3 Å². The molecule has 1 saturated heterocycles. The highest BCUT2D eigenvalue weighted by Gasteiger charge is 2.46. The van der Waals surface area contributed by atoms with Crippen molar-refractivity contribution in [2.45, 2.75) is 39.8 Å². The summed E-state index contributed by atoms with van der Waals surface area (Å²) >= 11 is 1.60. The Bertz CT molecular complexity index is 1650. The zero-order chi connectivity index (χ0) is 30.2. The summed E-state index contributed by atoms with van der Waals surface area (Å²) in [4.78, 5) is 33.8. The molecule has 1 amide bonds. The maximum Gasteiger partial charge on any atom is 0.307 e. The number of benzene rings is 2. The molecule has 224 valence electrons. The number of hydrogen-bond donors (Lipinski definition) is 1. The first kappa shape index (κ1) is 28.9. The number of carboxylic acid groups (broad SMARTS) is 1. The molecule has 2 aliphatic rings. The number of amides is 1. The summed E-state index contributed by atoms with van der Waals surface area (Å²) in [5, 5.41) is 17.1. The molecule has 1 saturated carbocycles. The van der Waals surface area contributed by atoms with Gasteiger partial charge in [-0.2, -0.15) is 5.10 Å². The van der Waals surface area contributed by atoms with Crippen LogP contribution in [-0.2, 0) is 25.0 Å². The van der Waals surface area contributed by atoms with Crippen LogP contribution < -0.4 is 9.64 Å². The summed E-state index contributed by atoms with van der Waals surface area (Å²) < 4.78 is 8.09. The molecule has 2 atom stereocenters. The van der Waals surface area contributed by atoms with Gasteiger partial charge in [-0.05, 0) is 80.0 Å². The molecule has 2 bridgehead atoms. The summed E-state index contributed by atoms with van der Waals surface area (Å²) in [6, 6.07) is 13.8. The number of fused-ring (bicyclic) bond motifs is 2. The van der Waals surface area contributed by atoms with Gasteiger partial charge in [-0.1, -0.05) is 17.7 Å². The molecule has 2 aromatic heterocycles. The molecular weight excluding hydrogens is 562 g/mol. The number of ether oxygens (including phenoxy) is 1. The number of thiazole rings is 1. The van der Waals surface area contributed by atoms with E-state index >= 15 is 0 Å². The lowest BCUT2D eigenvalue weighted by atomic mass is 9.85. The molecule has 9 nitrogen and oxygen atoms in total. The van der Waals surface area contributed by atoms with E-state index in [2.05, 4.69) is 28.4 Å². The number of nitrogens with zero attached hydrogens (tertiary/aromatic N) is 5. The fourth-order valence-electron chi connectivity index (χ4n) is 6.51. The Morgan fingerprint density at radius 2 is 1.86 bits per heavy atom. The van der Waals surface area contributed by atoms with Crippen LogP contribution in [0.4, 0.5) is 5.13 Å². The second-order valence-electron chi connectivity index (χ2n) is 12.0. The van der Waals surface area contributed by atoms with Gasteiger partial charge in [-0.25, -0.2) is 4.98 Å². The predicted molar refractivity (Wildman–Crippen MR) is 166 cm³/mol. The van der Waals surface area contributed by atoms with E-state index in [1.165, 1.54) is 0 Å². The van der Waals surface area contributed by atoms with Crippen LogP contribution in [0.1, 0.15) is 45.6 Å². The Hall–Kier alpha value is -4.18. The van der Waals surface area contributed by atoms with E-state index in [-0.39, 0.29) is 23.7 Å². The second-order valence-corrected chi connectivity index (χ2v) is 12.8. The lowest BCUT2D eigenvalue weighted by molar-refractivity contribution is -0.144. The van der Waals surface area contributed by atoms with Crippen LogP contribution in [0.5, 0.6) is 5.75 Å². The van der Waals surface area contributed by atoms with Gasteiger partial charge in [0.2, 0.25) is 0 Å². The third-order valence-electron chi connectivity index (χ3n) is 8.78. The van der Waals surface area contributed by atoms with Gasteiger partial charge in [0.05, 0.1) is 23.9 Å². The van der Waals surface area contributed by atoms with Crippen molar-refractivity contribution in [1.29, 1.82) is 0 Å². The number of aliphatic carboxylic acids is 1. The minimum atomic E-state index is -0.655. The molecule has 43 heavy (non-hydrogen) atoms. The van der Waals surface area contributed by atoms with Gasteiger partial charge in [0, 0.05) is 49.9 Å². The molecule has 2 unspecified atom stereocenters. The quantitative estimate of drug-likeness (QED) is 0.269. The average molecular weight is 600 g/mol. The van der Waals surface area contributed by atoms with Crippen LogP contribution in [0, 0.1) is 31.6 Å². The minimum Gasteiger partial charge on any atom is -0.488 e. The number of rotatable bonds is 9. The molecule has 3 heterocycles. The Balaban J connectivity index is 1.14. The van der Waals surface area contributed by atoms with Crippen LogP contribution in [0.3, 0.4) is 0 Å². The van der Waals surface area contributed by atoms with Crippen LogP contribution in [-0.4, -0.2) is 56.8 Å². The fraction of sp³-hybridized carbons (Fsp3) is 0.394. The van der Waals surface area contributed by atoms with E-state index in [1.807, 2.05) is 56.6 Å². The van der Waals surface area contributed by atoms with Crippen molar-refractivity contribution in [2.24, 2.45) is 24.8 Å². The van der Waals surface area contributed by atoms with Gasteiger partial charge in [-0.3, -0.25) is 14.3 Å². The first-order valence-electron chi connectivity index (χ1n) is 14.7. The molecule has 0 spiro atoms. The zero-order valence-corrected chi connectivity index (χ0v) is 25.8. The summed E-state index contributed by atoms with van der Waals surface area (Å²) in [5.41, 5.74) is 6.38. The van der Waals surface area contributed by atoms with Gasteiger partial charge in [-0.15, -0.1) is 11.3 Å². The number of aryl methyl sites for hydroxylation is 3. The lowest BCUT2D eigenvalue weighted by Crippen LogP contribution is -2.44. The molecule has 4 aromatic rings. The van der Waals surface area contributed by atoms with E-state index in [0.29, 0.717) is 18.7 Å². The monoisotopic (exact) mass is 599 g/mol. The predicted octanol–water partition coefficient (Wildman–Crippen LogP) is 5.56. The summed E-state index contributed by atoms with van der Waals surface area (Å²) in [6.07, 6.45) is 3.82. The first-order chi connectivity index (χ1) is 20.7. The maximum absolute atomic E-state index is 13.1. The molecule has 1 aliphatic carbocycles. The van der Waals surface area contributed by atoms with Crippen molar-refractivity contribution in [2.75, 3.05) is 25.0 Å². The van der Waals surface area contributed by atoms with Gasteiger partial charge < -0.3 is 19.6 Å². The lowest BCUT2D eigenvalue weighted by Gasteiger charge is -2.35. The summed E-state index contributed by atoms with van der Waals surface area (Å²) in [5.74, 6) is 0.192. The summed E-state index contributed by atoms with van der Waals surface area (Å²) in [7, 11) is 3.65. The van der Waals surface area contributed by atoms with Crippen molar-refractivity contribution in [3.63, 3.8) is 0 Å². The first-order valence-corrected chi connectivity index (χ1v) is 15.5. The van der Waals surface area contributed by atoms with Crippen LogP contribution in [0.15, 0.2) is 54.0 Å². The van der Waals surface area contributed by atoms with Crippen molar-refractivity contribution in [3.8, 4) is 17.0 Å². The van der Waals surface area contributed by atoms with E-state index in [1.54, 1.807) is 28.0 Å². The smallest absolute Gasteiger partial charge is 0.307 e. The Labute approximate surface area is 255 Å². The number of aromatic nitrogens is 3. The Kier molecular flexibility index (Phi) is 7.96. The molecule has 2 aromatic carbocycles. The molecule has 6 rings (SSSR count).